The highest BCUT2D eigenvalue weighted by Gasteiger charge is 2.22. The van der Waals surface area contributed by atoms with Gasteiger partial charge in [-0.25, -0.2) is 0 Å². The van der Waals surface area contributed by atoms with E-state index in [4.69, 9.17) is 16.9 Å². The van der Waals surface area contributed by atoms with Gasteiger partial charge in [-0.15, -0.1) is 0 Å². The summed E-state index contributed by atoms with van der Waals surface area (Å²) in [5.41, 5.74) is 3.40. The molecule has 0 saturated heterocycles. The van der Waals surface area contributed by atoms with E-state index in [9.17, 15) is 4.79 Å². The molecule has 104 valence electrons. The summed E-state index contributed by atoms with van der Waals surface area (Å²) < 4.78 is 0. The average molecular weight is 297 g/mol. The minimum absolute atomic E-state index is 0.0438. The average Bonchev–Trinajstić information content (AvgIpc) is 2.53. The number of halogens is 1. The minimum Gasteiger partial charge on any atom is -0.334 e. The molecule has 1 aliphatic heterocycles. The van der Waals surface area contributed by atoms with Gasteiger partial charge < -0.3 is 4.90 Å². The van der Waals surface area contributed by atoms with Crippen LogP contribution in [0.25, 0.3) is 0 Å². The van der Waals surface area contributed by atoms with Crippen molar-refractivity contribution in [3.05, 3.63) is 69.7 Å². The van der Waals surface area contributed by atoms with Crippen molar-refractivity contribution in [2.24, 2.45) is 0 Å². The predicted molar refractivity (Wildman–Crippen MR) is 81.1 cm³/mol. The van der Waals surface area contributed by atoms with Gasteiger partial charge in [-0.3, -0.25) is 4.79 Å². The van der Waals surface area contributed by atoms with Gasteiger partial charge in [0, 0.05) is 23.7 Å². The Bertz CT molecular complexity index is 749. The van der Waals surface area contributed by atoms with Crippen LogP contribution in [0.3, 0.4) is 0 Å². The molecule has 0 aliphatic carbocycles. The van der Waals surface area contributed by atoms with Crippen LogP contribution in [0, 0.1) is 11.3 Å². The second-order valence-corrected chi connectivity index (χ2v) is 5.52. The van der Waals surface area contributed by atoms with Crippen LogP contribution in [0.15, 0.2) is 42.5 Å². The van der Waals surface area contributed by atoms with Crippen molar-refractivity contribution < 1.29 is 4.79 Å². The molecule has 0 fully saturated rings. The lowest BCUT2D eigenvalue weighted by Crippen LogP contribution is -2.35. The zero-order valence-corrected chi connectivity index (χ0v) is 12.1. The maximum Gasteiger partial charge on any atom is 0.254 e. The van der Waals surface area contributed by atoms with Crippen molar-refractivity contribution >= 4 is 17.5 Å². The van der Waals surface area contributed by atoms with E-state index in [2.05, 4.69) is 6.07 Å². The summed E-state index contributed by atoms with van der Waals surface area (Å²) >= 11 is 6.02. The summed E-state index contributed by atoms with van der Waals surface area (Å²) in [6.45, 7) is 1.25. The van der Waals surface area contributed by atoms with E-state index >= 15 is 0 Å². The number of benzene rings is 2. The largest absolute Gasteiger partial charge is 0.334 e. The molecule has 1 heterocycles. The van der Waals surface area contributed by atoms with Gasteiger partial charge in [0.15, 0.2) is 0 Å². The number of nitrogens with zero attached hydrogens (tertiary/aromatic N) is 2. The van der Waals surface area contributed by atoms with Crippen LogP contribution in [0.1, 0.15) is 27.0 Å². The Morgan fingerprint density at radius 3 is 2.86 bits per heavy atom. The normalized spacial score (nSPS) is 13.4. The second-order valence-electron chi connectivity index (χ2n) is 5.08. The molecule has 4 heteroatoms. The molecule has 1 amide bonds. The Hall–Kier alpha value is -2.31. The number of carbonyl (C=O) groups is 1. The van der Waals surface area contributed by atoms with E-state index in [1.165, 1.54) is 5.56 Å². The van der Waals surface area contributed by atoms with Gasteiger partial charge in [0.25, 0.3) is 5.91 Å². The predicted octanol–water partition coefficient (Wildman–Crippen LogP) is 3.41. The molecular weight excluding hydrogens is 284 g/mol. The zero-order chi connectivity index (χ0) is 14.8. The smallest absolute Gasteiger partial charge is 0.254 e. The summed E-state index contributed by atoms with van der Waals surface area (Å²) in [7, 11) is 0. The fraction of sp³-hybridized carbons (Fsp3) is 0.176. The number of fused-ring (bicyclic) bond motifs is 1. The summed E-state index contributed by atoms with van der Waals surface area (Å²) in [6.07, 6.45) is 0.830. The van der Waals surface area contributed by atoms with Gasteiger partial charge in [-0.2, -0.15) is 5.26 Å². The van der Waals surface area contributed by atoms with Crippen LogP contribution >= 0.6 is 11.6 Å². The Kier molecular flexibility index (Phi) is 3.64. The number of nitriles is 1. The molecule has 0 atom stereocenters. The van der Waals surface area contributed by atoms with Crippen molar-refractivity contribution in [3.63, 3.8) is 0 Å². The number of rotatable bonds is 1. The molecule has 0 unspecified atom stereocenters. The van der Waals surface area contributed by atoms with Crippen LogP contribution in [0.5, 0.6) is 0 Å². The van der Waals surface area contributed by atoms with Crippen LogP contribution in [0.4, 0.5) is 0 Å². The van der Waals surface area contributed by atoms with Crippen molar-refractivity contribution in [1.29, 1.82) is 5.26 Å². The quantitative estimate of drug-likeness (QED) is 0.809. The third-order valence-electron chi connectivity index (χ3n) is 3.71. The molecular formula is C17H13ClN2O. The Labute approximate surface area is 128 Å². The molecule has 1 aliphatic rings. The van der Waals surface area contributed by atoms with E-state index < -0.39 is 0 Å². The van der Waals surface area contributed by atoms with Crippen LogP contribution in [-0.2, 0) is 13.0 Å². The lowest BCUT2D eigenvalue weighted by molar-refractivity contribution is 0.0734. The van der Waals surface area contributed by atoms with Gasteiger partial charge in [0.05, 0.1) is 11.6 Å². The van der Waals surface area contributed by atoms with Crippen LogP contribution in [-0.4, -0.2) is 17.4 Å². The van der Waals surface area contributed by atoms with E-state index in [1.807, 2.05) is 18.2 Å². The molecule has 21 heavy (non-hydrogen) atoms. The van der Waals surface area contributed by atoms with E-state index in [1.54, 1.807) is 29.2 Å². The van der Waals surface area contributed by atoms with Gasteiger partial charge in [-0.05, 0) is 47.9 Å². The highest BCUT2D eigenvalue weighted by atomic mass is 35.5. The highest BCUT2D eigenvalue weighted by Crippen LogP contribution is 2.23. The molecule has 0 radical (unpaired) electrons. The molecule has 0 spiro atoms. The van der Waals surface area contributed by atoms with Crippen LogP contribution in [0.2, 0.25) is 5.02 Å². The summed E-state index contributed by atoms with van der Waals surface area (Å²) in [6, 6.07) is 14.7. The second kappa shape index (κ2) is 5.59. The SMILES string of the molecule is N#Cc1cccc(C(=O)N2CCc3ccc(Cl)cc3C2)c1. The maximum atomic E-state index is 12.5. The standard InChI is InChI=1S/C17H13ClN2O/c18-16-5-4-13-6-7-20(11-15(13)9-16)17(21)14-3-1-2-12(8-14)10-19/h1-5,8-9H,6-7,11H2. The van der Waals surface area contributed by atoms with Gasteiger partial charge in [0.2, 0.25) is 0 Å². The third-order valence-corrected chi connectivity index (χ3v) is 3.94. The number of carbonyl (C=O) groups excluding carboxylic acids is 1. The lowest BCUT2D eigenvalue weighted by Gasteiger charge is -2.29. The Morgan fingerprint density at radius 2 is 2.05 bits per heavy atom. The lowest BCUT2D eigenvalue weighted by atomic mass is 9.99. The number of hydrogen-bond acceptors (Lipinski definition) is 2. The van der Waals surface area contributed by atoms with Gasteiger partial charge in [-0.1, -0.05) is 23.7 Å². The molecule has 0 bridgehead atoms. The van der Waals surface area contributed by atoms with Crippen molar-refractivity contribution in [2.75, 3.05) is 6.54 Å². The van der Waals surface area contributed by atoms with Crippen LogP contribution < -0.4 is 0 Å². The molecule has 0 aromatic heterocycles. The molecule has 3 nitrogen and oxygen atoms in total. The topological polar surface area (TPSA) is 44.1 Å². The molecule has 2 aromatic carbocycles. The van der Waals surface area contributed by atoms with E-state index in [0.29, 0.717) is 29.2 Å². The fourth-order valence-corrected chi connectivity index (χ4v) is 2.80. The first-order chi connectivity index (χ1) is 10.2. The first-order valence-corrected chi connectivity index (χ1v) is 7.12. The minimum atomic E-state index is -0.0438. The molecule has 0 saturated carbocycles. The maximum absolute atomic E-state index is 12.5. The van der Waals surface area contributed by atoms with Gasteiger partial charge in [0.1, 0.15) is 0 Å². The van der Waals surface area contributed by atoms with Gasteiger partial charge >= 0.3 is 0 Å². The number of hydrogen-bond donors (Lipinski definition) is 0. The number of amides is 1. The summed E-state index contributed by atoms with van der Waals surface area (Å²) in [5.74, 6) is -0.0438. The molecule has 3 rings (SSSR count). The summed E-state index contributed by atoms with van der Waals surface area (Å²) in [4.78, 5) is 14.3. The Morgan fingerprint density at radius 1 is 1.19 bits per heavy atom. The molecule has 0 N–H and O–H groups in total. The van der Waals surface area contributed by atoms with Crippen molar-refractivity contribution in [2.45, 2.75) is 13.0 Å². The van der Waals surface area contributed by atoms with Crippen molar-refractivity contribution in [3.8, 4) is 6.07 Å². The van der Waals surface area contributed by atoms with E-state index in [0.717, 1.165) is 12.0 Å². The molecule has 2 aromatic rings. The third kappa shape index (κ3) is 2.76. The highest BCUT2D eigenvalue weighted by molar-refractivity contribution is 6.30. The Balaban J connectivity index is 1.85. The first kappa shape index (κ1) is 13.7. The fourth-order valence-electron chi connectivity index (χ4n) is 2.60. The first-order valence-electron chi connectivity index (χ1n) is 6.74. The van der Waals surface area contributed by atoms with Crippen molar-refractivity contribution in [1.82, 2.24) is 4.90 Å². The monoisotopic (exact) mass is 296 g/mol. The zero-order valence-electron chi connectivity index (χ0n) is 11.3. The summed E-state index contributed by atoms with van der Waals surface area (Å²) in [5, 5.41) is 9.61. The van der Waals surface area contributed by atoms with E-state index in [-0.39, 0.29) is 5.91 Å².